The molecule has 0 atom stereocenters. The molecular weight excluding hydrogens is 252 g/mol. The Hall–Kier alpha value is -2.43. The van der Waals surface area contributed by atoms with E-state index in [1.54, 1.807) is 24.5 Å². The third kappa shape index (κ3) is 3.78. The fourth-order valence-corrected chi connectivity index (χ4v) is 1.66. The van der Waals surface area contributed by atoms with Crippen molar-refractivity contribution < 1.29 is 4.79 Å². The predicted molar refractivity (Wildman–Crippen MR) is 79.9 cm³/mol. The van der Waals surface area contributed by atoms with E-state index in [-0.39, 0.29) is 5.91 Å². The van der Waals surface area contributed by atoms with Crippen molar-refractivity contribution in [3.8, 4) is 0 Å². The van der Waals surface area contributed by atoms with Crippen LogP contribution in [0.15, 0.2) is 36.7 Å². The lowest BCUT2D eigenvalue weighted by molar-refractivity contribution is 0.102. The van der Waals surface area contributed by atoms with Crippen LogP contribution in [0.1, 0.15) is 29.4 Å². The summed E-state index contributed by atoms with van der Waals surface area (Å²) in [5, 5.41) is 5.95. The molecule has 104 valence electrons. The average molecular weight is 270 g/mol. The Balaban J connectivity index is 2.06. The van der Waals surface area contributed by atoms with Crippen molar-refractivity contribution in [1.82, 2.24) is 9.97 Å². The minimum atomic E-state index is -0.262. The highest BCUT2D eigenvalue weighted by molar-refractivity contribution is 6.02. The number of amides is 1. The Morgan fingerprint density at radius 1 is 1.25 bits per heavy atom. The van der Waals surface area contributed by atoms with Crippen LogP contribution in [0.5, 0.6) is 0 Å². The van der Waals surface area contributed by atoms with Gasteiger partial charge in [-0.2, -0.15) is 0 Å². The smallest absolute Gasteiger partial charge is 0.275 e. The average Bonchev–Trinajstić information content (AvgIpc) is 2.48. The van der Waals surface area contributed by atoms with Crippen molar-refractivity contribution in [1.29, 1.82) is 0 Å². The summed E-state index contributed by atoms with van der Waals surface area (Å²) in [6, 6.07) is 7.25. The monoisotopic (exact) mass is 270 g/mol. The molecule has 0 radical (unpaired) electrons. The molecule has 5 nitrogen and oxygen atoms in total. The Morgan fingerprint density at radius 2 is 2.10 bits per heavy atom. The molecule has 0 aliphatic heterocycles. The molecule has 2 heterocycles. The molecule has 0 unspecified atom stereocenters. The van der Waals surface area contributed by atoms with E-state index in [2.05, 4.69) is 27.5 Å². The molecule has 0 saturated heterocycles. The van der Waals surface area contributed by atoms with Crippen LogP contribution in [-0.4, -0.2) is 22.4 Å². The van der Waals surface area contributed by atoms with Gasteiger partial charge in [0.2, 0.25) is 0 Å². The van der Waals surface area contributed by atoms with Gasteiger partial charge in [0.25, 0.3) is 5.91 Å². The number of pyridine rings is 2. The van der Waals surface area contributed by atoms with E-state index in [1.807, 2.05) is 19.1 Å². The van der Waals surface area contributed by atoms with E-state index in [4.69, 9.17) is 0 Å². The van der Waals surface area contributed by atoms with E-state index >= 15 is 0 Å². The van der Waals surface area contributed by atoms with E-state index in [1.165, 1.54) is 0 Å². The number of aryl methyl sites for hydroxylation is 1. The molecule has 2 aromatic heterocycles. The highest BCUT2D eigenvalue weighted by Gasteiger charge is 2.08. The maximum Gasteiger partial charge on any atom is 0.275 e. The van der Waals surface area contributed by atoms with Crippen LogP contribution >= 0.6 is 0 Å². The minimum absolute atomic E-state index is 0.262. The summed E-state index contributed by atoms with van der Waals surface area (Å²) in [6.45, 7) is 4.90. The van der Waals surface area contributed by atoms with E-state index in [0.29, 0.717) is 11.5 Å². The SMILES string of the molecule is CCCNc1ccnc(C(=O)Nc2ccc(C)cn2)c1. The van der Waals surface area contributed by atoms with Crippen LogP contribution in [0.4, 0.5) is 11.5 Å². The Morgan fingerprint density at radius 3 is 2.80 bits per heavy atom. The zero-order chi connectivity index (χ0) is 14.4. The van der Waals surface area contributed by atoms with Crippen LogP contribution in [0.2, 0.25) is 0 Å². The first kappa shape index (κ1) is 14.0. The fraction of sp³-hybridized carbons (Fsp3) is 0.267. The normalized spacial score (nSPS) is 10.1. The van der Waals surface area contributed by atoms with Crippen LogP contribution < -0.4 is 10.6 Å². The van der Waals surface area contributed by atoms with E-state index in [9.17, 15) is 4.79 Å². The van der Waals surface area contributed by atoms with Crippen molar-refractivity contribution in [3.05, 3.63) is 47.9 Å². The lowest BCUT2D eigenvalue weighted by atomic mass is 10.3. The summed E-state index contributed by atoms with van der Waals surface area (Å²) in [6.07, 6.45) is 4.36. The van der Waals surface area contributed by atoms with Crippen molar-refractivity contribution in [2.75, 3.05) is 17.2 Å². The van der Waals surface area contributed by atoms with Gasteiger partial charge in [0, 0.05) is 24.6 Å². The topological polar surface area (TPSA) is 66.9 Å². The lowest BCUT2D eigenvalue weighted by Gasteiger charge is -2.07. The van der Waals surface area contributed by atoms with Crippen molar-refractivity contribution in [2.45, 2.75) is 20.3 Å². The molecule has 5 heteroatoms. The van der Waals surface area contributed by atoms with Crippen molar-refractivity contribution in [2.24, 2.45) is 0 Å². The van der Waals surface area contributed by atoms with Gasteiger partial charge < -0.3 is 10.6 Å². The van der Waals surface area contributed by atoms with Gasteiger partial charge in [-0.25, -0.2) is 4.98 Å². The predicted octanol–water partition coefficient (Wildman–Crippen LogP) is 2.86. The second-order valence-electron chi connectivity index (χ2n) is 4.53. The fourth-order valence-electron chi connectivity index (χ4n) is 1.66. The molecule has 0 spiro atoms. The van der Waals surface area contributed by atoms with Crippen LogP contribution in [-0.2, 0) is 0 Å². The number of hydrogen-bond acceptors (Lipinski definition) is 4. The van der Waals surface area contributed by atoms with Crippen LogP contribution in [0.25, 0.3) is 0 Å². The maximum atomic E-state index is 12.1. The zero-order valence-corrected chi connectivity index (χ0v) is 11.7. The molecule has 2 N–H and O–H groups in total. The Bertz CT molecular complexity index is 581. The second-order valence-corrected chi connectivity index (χ2v) is 4.53. The number of nitrogens with one attached hydrogen (secondary N) is 2. The molecule has 0 aromatic carbocycles. The number of rotatable bonds is 5. The molecule has 0 saturated carbocycles. The van der Waals surface area contributed by atoms with Crippen LogP contribution in [0, 0.1) is 6.92 Å². The minimum Gasteiger partial charge on any atom is -0.385 e. The quantitative estimate of drug-likeness (QED) is 0.876. The van der Waals surface area contributed by atoms with E-state index < -0.39 is 0 Å². The number of carbonyl (C=O) groups excluding carboxylic acids is 1. The lowest BCUT2D eigenvalue weighted by Crippen LogP contribution is -2.15. The first-order valence-corrected chi connectivity index (χ1v) is 6.63. The molecule has 1 amide bonds. The van der Waals surface area contributed by atoms with Gasteiger partial charge in [0.15, 0.2) is 0 Å². The van der Waals surface area contributed by atoms with Gasteiger partial charge in [0.1, 0.15) is 11.5 Å². The third-order valence-corrected chi connectivity index (χ3v) is 2.72. The van der Waals surface area contributed by atoms with Crippen molar-refractivity contribution >= 4 is 17.4 Å². The molecular formula is C15H18N4O. The summed E-state index contributed by atoms with van der Waals surface area (Å²) >= 11 is 0. The number of carbonyl (C=O) groups is 1. The highest BCUT2D eigenvalue weighted by atomic mass is 16.1. The standard InChI is InChI=1S/C15H18N4O/c1-3-7-16-12-6-8-17-13(9-12)15(20)19-14-5-4-11(2)10-18-14/h4-6,8-10H,3,7H2,1-2H3,(H,16,17)(H,18,19,20). The highest BCUT2D eigenvalue weighted by Crippen LogP contribution is 2.10. The number of hydrogen-bond donors (Lipinski definition) is 2. The number of aromatic nitrogens is 2. The molecule has 0 aliphatic rings. The first-order valence-electron chi connectivity index (χ1n) is 6.63. The van der Waals surface area contributed by atoms with Gasteiger partial charge in [-0.15, -0.1) is 0 Å². The number of nitrogens with zero attached hydrogens (tertiary/aromatic N) is 2. The van der Waals surface area contributed by atoms with Gasteiger partial charge in [-0.3, -0.25) is 9.78 Å². The number of anilines is 2. The maximum absolute atomic E-state index is 12.1. The summed E-state index contributed by atoms with van der Waals surface area (Å²) < 4.78 is 0. The largest absolute Gasteiger partial charge is 0.385 e. The molecule has 0 aliphatic carbocycles. The second kappa shape index (κ2) is 6.65. The van der Waals surface area contributed by atoms with Crippen LogP contribution in [0.3, 0.4) is 0 Å². The first-order chi connectivity index (χ1) is 9.69. The summed E-state index contributed by atoms with van der Waals surface area (Å²) in [7, 11) is 0. The van der Waals surface area contributed by atoms with Crippen molar-refractivity contribution in [3.63, 3.8) is 0 Å². The summed E-state index contributed by atoms with van der Waals surface area (Å²) in [4.78, 5) is 20.3. The third-order valence-electron chi connectivity index (χ3n) is 2.72. The summed E-state index contributed by atoms with van der Waals surface area (Å²) in [5.74, 6) is 0.260. The molecule has 2 rings (SSSR count). The van der Waals surface area contributed by atoms with Gasteiger partial charge in [0.05, 0.1) is 0 Å². The van der Waals surface area contributed by atoms with Gasteiger partial charge >= 0.3 is 0 Å². The van der Waals surface area contributed by atoms with Gasteiger partial charge in [-0.05, 0) is 37.1 Å². The Kier molecular flexibility index (Phi) is 4.65. The molecule has 0 bridgehead atoms. The van der Waals surface area contributed by atoms with E-state index in [0.717, 1.165) is 24.2 Å². The zero-order valence-electron chi connectivity index (χ0n) is 11.7. The molecule has 0 fully saturated rings. The molecule has 20 heavy (non-hydrogen) atoms. The summed E-state index contributed by atoms with van der Waals surface area (Å²) in [5.41, 5.74) is 2.31. The van der Waals surface area contributed by atoms with Gasteiger partial charge in [-0.1, -0.05) is 13.0 Å². The molecule has 2 aromatic rings. The Labute approximate surface area is 118 Å².